The van der Waals surface area contributed by atoms with Gasteiger partial charge in [-0.1, -0.05) is 11.6 Å². The van der Waals surface area contributed by atoms with Crippen molar-refractivity contribution in [2.24, 2.45) is 0 Å². The average Bonchev–Trinajstić information content (AvgIpc) is 1.99. The van der Waals surface area contributed by atoms with Gasteiger partial charge in [-0.25, -0.2) is 4.98 Å². The van der Waals surface area contributed by atoms with Crippen LogP contribution in [-0.4, -0.2) is 22.2 Å². The predicted molar refractivity (Wildman–Crippen MR) is 63.1 cm³/mol. The Morgan fingerprint density at radius 1 is 1.53 bits per heavy atom. The zero-order valence-electron chi connectivity index (χ0n) is 8.92. The number of hydrogen-bond acceptors (Lipinski definition) is 4. The number of halogens is 1. The minimum atomic E-state index is -0.237. The van der Waals surface area contributed by atoms with Crippen molar-refractivity contribution in [1.29, 1.82) is 0 Å². The number of aliphatic hydroxyl groups excluding tert-OH is 1. The van der Waals surface area contributed by atoms with Gasteiger partial charge in [-0.2, -0.15) is 0 Å². The van der Waals surface area contributed by atoms with Crippen molar-refractivity contribution in [2.45, 2.75) is 25.8 Å². The molecule has 0 aromatic carbocycles. The van der Waals surface area contributed by atoms with Crippen molar-refractivity contribution >= 4 is 23.1 Å². The van der Waals surface area contributed by atoms with Crippen LogP contribution >= 0.6 is 11.6 Å². The number of rotatable bonds is 4. The van der Waals surface area contributed by atoms with E-state index in [4.69, 9.17) is 22.4 Å². The highest BCUT2D eigenvalue weighted by Gasteiger charge is 2.17. The number of pyridine rings is 1. The Labute approximate surface area is 94.5 Å². The highest BCUT2D eigenvalue weighted by molar-refractivity contribution is 6.29. The molecule has 0 saturated heterocycles. The van der Waals surface area contributed by atoms with Gasteiger partial charge in [0.1, 0.15) is 11.0 Å². The van der Waals surface area contributed by atoms with Crippen molar-refractivity contribution in [3.05, 3.63) is 17.3 Å². The molecule has 0 amide bonds. The number of nitrogens with zero attached hydrogens (tertiary/aromatic N) is 1. The number of anilines is 2. The monoisotopic (exact) mass is 229 g/mol. The summed E-state index contributed by atoms with van der Waals surface area (Å²) in [5.41, 5.74) is 5.97. The number of nitrogen functional groups attached to an aromatic ring is 1. The van der Waals surface area contributed by atoms with Gasteiger partial charge < -0.3 is 16.2 Å². The molecule has 0 atom stereocenters. The Morgan fingerprint density at radius 2 is 2.20 bits per heavy atom. The van der Waals surface area contributed by atoms with Gasteiger partial charge in [-0.15, -0.1) is 0 Å². The molecule has 0 aliphatic rings. The minimum Gasteiger partial charge on any atom is -0.399 e. The SMILES string of the molecule is CC(C)(CCO)Nc1cc(N)cc(Cl)n1. The molecule has 0 unspecified atom stereocenters. The molecule has 1 aromatic heterocycles. The molecule has 84 valence electrons. The third-order valence-electron chi connectivity index (χ3n) is 2.02. The molecule has 4 N–H and O–H groups in total. The molecule has 0 spiro atoms. The summed E-state index contributed by atoms with van der Waals surface area (Å²) in [6.45, 7) is 4.07. The first-order chi connectivity index (χ1) is 6.93. The smallest absolute Gasteiger partial charge is 0.133 e. The van der Waals surface area contributed by atoms with E-state index in [-0.39, 0.29) is 12.1 Å². The lowest BCUT2D eigenvalue weighted by molar-refractivity contribution is 0.260. The van der Waals surface area contributed by atoms with Crippen molar-refractivity contribution in [1.82, 2.24) is 4.98 Å². The Hall–Kier alpha value is -1.00. The summed E-state index contributed by atoms with van der Waals surface area (Å²) in [6.07, 6.45) is 0.626. The van der Waals surface area contributed by atoms with Crippen LogP contribution in [0.5, 0.6) is 0 Å². The van der Waals surface area contributed by atoms with E-state index in [0.717, 1.165) is 0 Å². The second-order valence-electron chi connectivity index (χ2n) is 4.09. The fraction of sp³-hybridized carbons (Fsp3) is 0.500. The normalized spacial score (nSPS) is 11.5. The first-order valence-corrected chi connectivity index (χ1v) is 5.13. The second kappa shape index (κ2) is 4.68. The van der Waals surface area contributed by atoms with E-state index in [9.17, 15) is 0 Å². The summed E-state index contributed by atoms with van der Waals surface area (Å²) in [7, 11) is 0. The van der Waals surface area contributed by atoms with Crippen LogP contribution in [0.1, 0.15) is 20.3 Å². The molecule has 0 aliphatic carbocycles. The van der Waals surface area contributed by atoms with E-state index >= 15 is 0 Å². The van der Waals surface area contributed by atoms with E-state index in [0.29, 0.717) is 23.1 Å². The topological polar surface area (TPSA) is 71.2 Å². The standard InChI is InChI=1S/C10H16ClN3O/c1-10(2,3-4-15)14-9-6-7(12)5-8(11)13-9/h5-6,15H,3-4H2,1-2H3,(H3,12,13,14). The van der Waals surface area contributed by atoms with E-state index in [1.165, 1.54) is 0 Å². The maximum atomic E-state index is 8.88. The van der Waals surface area contributed by atoms with Crippen LogP contribution in [0.25, 0.3) is 0 Å². The second-order valence-corrected chi connectivity index (χ2v) is 4.48. The fourth-order valence-corrected chi connectivity index (χ4v) is 1.49. The first kappa shape index (κ1) is 12.1. The number of hydrogen-bond donors (Lipinski definition) is 3. The number of nitrogens with two attached hydrogens (primary N) is 1. The molecule has 1 rings (SSSR count). The van der Waals surface area contributed by atoms with Crippen molar-refractivity contribution in [3.8, 4) is 0 Å². The van der Waals surface area contributed by atoms with Gasteiger partial charge in [0, 0.05) is 23.9 Å². The zero-order chi connectivity index (χ0) is 11.5. The predicted octanol–water partition coefficient (Wildman–Crippen LogP) is 1.89. The number of nitrogens with one attached hydrogen (secondary N) is 1. The Bertz CT molecular complexity index is 321. The van der Waals surface area contributed by atoms with Gasteiger partial charge in [-0.05, 0) is 26.3 Å². The maximum Gasteiger partial charge on any atom is 0.133 e. The van der Waals surface area contributed by atoms with Gasteiger partial charge in [0.15, 0.2) is 0 Å². The van der Waals surface area contributed by atoms with Crippen LogP contribution < -0.4 is 11.1 Å². The molecule has 0 radical (unpaired) electrons. The maximum absolute atomic E-state index is 8.88. The highest BCUT2D eigenvalue weighted by Crippen LogP contribution is 2.20. The zero-order valence-corrected chi connectivity index (χ0v) is 9.67. The quantitative estimate of drug-likeness (QED) is 0.690. The van der Waals surface area contributed by atoms with Gasteiger partial charge in [0.25, 0.3) is 0 Å². The van der Waals surface area contributed by atoms with Gasteiger partial charge in [-0.3, -0.25) is 0 Å². The van der Waals surface area contributed by atoms with Crippen molar-refractivity contribution < 1.29 is 5.11 Å². The Balaban J connectivity index is 2.80. The number of aliphatic hydroxyl groups is 1. The third-order valence-corrected chi connectivity index (χ3v) is 2.21. The fourth-order valence-electron chi connectivity index (χ4n) is 1.27. The summed E-state index contributed by atoms with van der Waals surface area (Å²) < 4.78 is 0. The first-order valence-electron chi connectivity index (χ1n) is 4.75. The largest absolute Gasteiger partial charge is 0.399 e. The summed E-state index contributed by atoms with van der Waals surface area (Å²) in [4.78, 5) is 4.09. The van der Waals surface area contributed by atoms with E-state index in [1.54, 1.807) is 12.1 Å². The molecule has 1 heterocycles. The van der Waals surface area contributed by atoms with E-state index in [1.807, 2.05) is 13.8 Å². The molecule has 0 bridgehead atoms. The molecule has 1 aromatic rings. The van der Waals surface area contributed by atoms with Crippen LogP contribution in [0.15, 0.2) is 12.1 Å². The van der Waals surface area contributed by atoms with Gasteiger partial charge in [0.05, 0.1) is 0 Å². The molecule has 0 fully saturated rings. The van der Waals surface area contributed by atoms with Crippen LogP contribution in [0.2, 0.25) is 5.15 Å². The lowest BCUT2D eigenvalue weighted by Crippen LogP contribution is -2.32. The van der Waals surface area contributed by atoms with Gasteiger partial charge >= 0.3 is 0 Å². The lowest BCUT2D eigenvalue weighted by atomic mass is 10.0. The third kappa shape index (κ3) is 3.93. The lowest BCUT2D eigenvalue weighted by Gasteiger charge is -2.26. The average molecular weight is 230 g/mol. The van der Waals surface area contributed by atoms with Gasteiger partial charge in [0.2, 0.25) is 0 Å². The number of aromatic nitrogens is 1. The summed E-state index contributed by atoms with van der Waals surface area (Å²) in [5.74, 6) is 0.624. The Kier molecular flexibility index (Phi) is 3.77. The molecule has 15 heavy (non-hydrogen) atoms. The summed E-state index contributed by atoms with van der Waals surface area (Å²) >= 11 is 5.78. The van der Waals surface area contributed by atoms with Crippen LogP contribution in [0, 0.1) is 0 Å². The summed E-state index contributed by atoms with van der Waals surface area (Å²) in [5, 5.41) is 12.4. The molecule has 0 aliphatic heterocycles. The summed E-state index contributed by atoms with van der Waals surface area (Å²) in [6, 6.07) is 3.30. The van der Waals surface area contributed by atoms with Crippen molar-refractivity contribution in [3.63, 3.8) is 0 Å². The molecule has 5 heteroatoms. The van der Waals surface area contributed by atoms with Crippen molar-refractivity contribution in [2.75, 3.05) is 17.7 Å². The van der Waals surface area contributed by atoms with Crippen LogP contribution in [0.3, 0.4) is 0 Å². The van der Waals surface area contributed by atoms with E-state index < -0.39 is 0 Å². The minimum absolute atomic E-state index is 0.121. The molecular formula is C10H16ClN3O. The highest BCUT2D eigenvalue weighted by atomic mass is 35.5. The molecule has 0 saturated carbocycles. The molecule has 4 nitrogen and oxygen atoms in total. The van der Waals surface area contributed by atoms with E-state index in [2.05, 4.69) is 10.3 Å². The Morgan fingerprint density at radius 3 is 2.73 bits per heavy atom. The molecular weight excluding hydrogens is 214 g/mol. The van der Waals surface area contributed by atoms with Crippen LogP contribution in [-0.2, 0) is 0 Å². The van der Waals surface area contributed by atoms with Crippen LogP contribution in [0.4, 0.5) is 11.5 Å².